The Morgan fingerprint density at radius 1 is 0.939 bits per heavy atom. The highest BCUT2D eigenvalue weighted by atomic mass is 35.5. The predicted octanol–water partition coefficient (Wildman–Crippen LogP) is 6.36. The normalized spacial score (nSPS) is 10.9. The molecule has 0 atom stereocenters. The number of benzene rings is 3. The molecule has 1 amide bonds. The van der Waals surface area contributed by atoms with Crippen LogP contribution in [-0.4, -0.2) is 12.5 Å². The fourth-order valence-electron chi connectivity index (χ4n) is 3.75. The number of halogens is 1. The Kier molecular flexibility index (Phi) is 6.25. The van der Waals surface area contributed by atoms with Crippen LogP contribution in [0.4, 0.5) is 5.69 Å². The Morgan fingerprint density at radius 2 is 1.67 bits per heavy atom. The van der Waals surface area contributed by atoms with Crippen molar-refractivity contribution in [3.8, 4) is 17.1 Å². The minimum absolute atomic E-state index is 0.0133. The van der Waals surface area contributed by atoms with Gasteiger partial charge >= 0.3 is 0 Å². The van der Waals surface area contributed by atoms with Crippen LogP contribution in [0.2, 0.25) is 5.02 Å². The molecule has 4 aromatic rings. The second-order valence-electron chi connectivity index (χ2n) is 8.21. The first-order valence-corrected chi connectivity index (χ1v) is 10.9. The van der Waals surface area contributed by atoms with Crippen LogP contribution in [0.1, 0.15) is 22.3 Å². The highest BCUT2D eigenvalue weighted by molar-refractivity contribution is 6.30. The quantitative estimate of drug-likeness (QED) is 0.375. The minimum Gasteiger partial charge on any atom is -0.476 e. The molecule has 1 aromatic heterocycles. The summed E-state index contributed by atoms with van der Waals surface area (Å²) in [5, 5.41) is 3.80. The fraction of sp³-hybridized carbons (Fsp3) is 0.185. The maximum Gasteiger partial charge on any atom is 0.262 e. The van der Waals surface area contributed by atoms with E-state index >= 15 is 0 Å². The number of ether oxygens (including phenoxy) is 1. The number of anilines is 1. The fourth-order valence-corrected chi connectivity index (χ4v) is 3.98. The lowest BCUT2D eigenvalue weighted by Crippen LogP contribution is -2.23. The summed E-state index contributed by atoms with van der Waals surface area (Å²) in [6.07, 6.45) is 0. The Morgan fingerprint density at radius 3 is 2.36 bits per heavy atom. The molecular weight excluding hydrogens is 438 g/mol. The largest absolute Gasteiger partial charge is 0.476 e. The molecule has 0 unspecified atom stereocenters. The van der Waals surface area contributed by atoms with Gasteiger partial charge in [0, 0.05) is 16.3 Å². The summed E-state index contributed by atoms with van der Waals surface area (Å²) < 4.78 is 12.0. The number of hydrogen-bond acceptors (Lipinski definition) is 4. The molecule has 0 aliphatic rings. The van der Waals surface area contributed by atoms with E-state index in [4.69, 9.17) is 20.8 Å². The number of amides is 1. The van der Waals surface area contributed by atoms with Crippen molar-refractivity contribution in [2.45, 2.75) is 27.7 Å². The van der Waals surface area contributed by atoms with Gasteiger partial charge < -0.3 is 14.5 Å². The number of aryl methyl sites for hydroxylation is 4. The standard InChI is InChI=1S/C27H24ClNO4/c1-15-5-7-19(8-6-15)26-27(24(31)21-12-16(2)11-18(4)25(21)33-26)32-14-23(30)29-22-10-9-20(28)13-17(22)3/h5-13H,14H2,1-4H3,(H,29,30). The van der Waals surface area contributed by atoms with Gasteiger partial charge in [-0.05, 0) is 68.7 Å². The molecule has 0 saturated heterocycles. The number of nitrogens with one attached hydrogen (secondary N) is 1. The van der Waals surface area contributed by atoms with E-state index in [0.717, 1.165) is 22.3 Å². The zero-order valence-corrected chi connectivity index (χ0v) is 19.7. The van der Waals surface area contributed by atoms with Crippen molar-refractivity contribution >= 4 is 34.2 Å². The van der Waals surface area contributed by atoms with E-state index in [1.807, 2.05) is 58.0 Å². The molecule has 6 heteroatoms. The first-order chi connectivity index (χ1) is 15.7. The first-order valence-electron chi connectivity index (χ1n) is 10.6. The smallest absolute Gasteiger partial charge is 0.262 e. The van der Waals surface area contributed by atoms with Crippen molar-refractivity contribution in [2.24, 2.45) is 0 Å². The molecule has 0 fully saturated rings. The topological polar surface area (TPSA) is 68.5 Å². The van der Waals surface area contributed by atoms with E-state index in [2.05, 4.69) is 5.32 Å². The summed E-state index contributed by atoms with van der Waals surface area (Å²) in [4.78, 5) is 26.0. The third-order valence-corrected chi connectivity index (χ3v) is 5.64. The zero-order valence-electron chi connectivity index (χ0n) is 18.9. The van der Waals surface area contributed by atoms with Crippen LogP contribution in [0, 0.1) is 27.7 Å². The Balaban J connectivity index is 1.72. The van der Waals surface area contributed by atoms with Gasteiger partial charge in [0.05, 0.1) is 5.39 Å². The molecule has 3 aromatic carbocycles. The Bertz CT molecular complexity index is 1420. The van der Waals surface area contributed by atoms with E-state index < -0.39 is 5.91 Å². The number of carbonyl (C=O) groups is 1. The van der Waals surface area contributed by atoms with Crippen molar-refractivity contribution in [3.05, 3.63) is 92.1 Å². The maximum absolute atomic E-state index is 13.4. The van der Waals surface area contributed by atoms with Gasteiger partial charge in [0.1, 0.15) is 5.58 Å². The second-order valence-corrected chi connectivity index (χ2v) is 8.65. The van der Waals surface area contributed by atoms with Crippen LogP contribution >= 0.6 is 11.6 Å². The molecule has 0 radical (unpaired) electrons. The third kappa shape index (κ3) is 4.78. The molecule has 1 heterocycles. The number of fused-ring (bicyclic) bond motifs is 1. The monoisotopic (exact) mass is 461 g/mol. The van der Waals surface area contributed by atoms with E-state index in [1.54, 1.807) is 24.3 Å². The van der Waals surface area contributed by atoms with Gasteiger partial charge in [0.15, 0.2) is 12.4 Å². The lowest BCUT2D eigenvalue weighted by molar-refractivity contribution is -0.118. The van der Waals surface area contributed by atoms with Crippen LogP contribution in [0.5, 0.6) is 5.75 Å². The lowest BCUT2D eigenvalue weighted by Gasteiger charge is -2.14. The highest BCUT2D eigenvalue weighted by Gasteiger charge is 2.20. The van der Waals surface area contributed by atoms with Crippen LogP contribution in [0.25, 0.3) is 22.3 Å². The summed E-state index contributed by atoms with van der Waals surface area (Å²) in [6.45, 7) is 7.30. The maximum atomic E-state index is 13.4. The van der Waals surface area contributed by atoms with Gasteiger partial charge in [-0.3, -0.25) is 9.59 Å². The molecule has 0 aliphatic heterocycles. The van der Waals surface area contributed by atoms with Gasteiger partial charge in [-0.1, -0.05) is 47.5 Å². The molecule has 5 nitrogen and oxygen atoms in total. The molecule has 0 aliphatic carbocycles. The summed E-state index contributed by atoms with van der Waals surface area (Å²) in [6, 6.07) is 16.5. The van der Waals surface area contributed by atoms with Gasteiger partial charge in [-0.15, -0.1) is 0 Å². The Hall–Kier alpha value is -3.57. The van der Waals surface area contributed by atoms with Gasteiger partial charge in [-0.2, -0.15) is 0 Å². The zero-order chi connectivity index (χ0) is 23.7. The molecule has 0 spiro atoms. The molecular formula is C27H24ClNO4. The van der Waals surface area contributed by atoms with Crippen molar-refractivity contribution in [3.63, 3.8) is 0 Å². The van der Waals surface area contributed by atoms with Crippen LogP contribution in [-0.2, 0) is 4.79 Å². The Labute approximate surface area is 197 Å². The van der Waals surface area contributed by atoms with E-state index in [1.165, 1.54) is 0 Å². The van der Waals surface area contributed by atoms with E-state index in [-0.39, 0.29) is 17.8 Å². The molecule has 168 valence electrons. The van der Waals surface area contributed by atoms with Gasteiger partial charge in [-0.25, -0.2) is 0 Å². The first kappa shape index (κ1) is 22.6. The van der Waals surface area contributed by atoms with Crippen molar-refractivity contribution in [1.82, 2.24) is 0 Å². The van der Waals surface area contributed by atoms with Crippen molar-refractivity contribution in [2.75, 3.05) is 11.9 Å². The third-order valence-electron chi connectivity index (χ3n) is 5.40. The van der Waals surface area contributed by atoms with Crippen molar-refractivity contribution < 1.29 is 13.9 Å². The number of carbonyl (C=O) groups excluding carboxylic acids is 1. The number of hydrogen-bond donors (Lipinski definition) is 1. The van der Waals surface area contributed by atoms with Crippen molar-refractivity contribution in [1.29, 1.82) is 0 Å². The van der Waals surface area contributed by atoms with Gasteiger partial charge in [0.25, 0.3) is 5.91 Å². The van der Waals surface area contributed by atoms with E-state index in [9.17, 15) is 9.59 Å². The van der Waals surface area contributed by atoms with Crippen LogP contribution in [0.15, 0.2) is 63.8 Å². The highest BCUT2D eigenvalue weighted by Crippen LogP contribution is 2.32. The second kappa shape index (κ2) is 9.12. The SMILES string of the molecule is Cc1ccc(-c2oc3c(C)cc(C)cc3c(=O)c2OCC(=O)Nc2ccc(Cl)cc2C)cc1. The average Bonchev–Trinajstić information content (AvgIpc) is 2.76. The molecule has 0 saturated carbocycles. The summed E-state index contributed by atoms with van der Waals surface area (Å²) in [5.74, 6) is -0.0792. The molecule has 0 bridgehead atoms. The molecule has 4 rings (SSSR count). The van der Waals surface area contributed by atoms with Crippen LogP contribution in [0.3, 0.4) is 0 Å². The molecule has 33 heavy (non-hydrogen) atoms. The van der Waals surface area contributed by atoms with Gasteiger partial charge in [0.2, 0.25) is 11.2 Å². The van der Waals surface area contributed by atoms with E-state index in [0.29, 0.717) is 33.0 Å². The van der Waals surface area contributed by atoms with Crippen LogP contribution < -0.4 is 15.5 Å². The summed E-state index contributed by atoms with van der Waals surface area (Å²) >= 11 is 5.98. The summed E-state index contributed by atoms with van der Waals surface area (Å²) in [7, 11) is 0. The predicted molar refractivity (Wildman–Crippen MR) is 132 cm³/mol. The lowest BCUT2D eigenvalue weighted by atomic mass is 10.0. The average molecular weight is 462 g/mol. The number of rotatable bonds is 5. The molecule has 1 N–H and O–H groups in total. The minimum atomic E-state index is -0.393. The summed E-state index contributed by atoms with van der Waals surface area (Å²) in [5.41, 5.74) is 5.23.